The zero-order valence-corrected chi connectivity index (χ0v) is 11.8. The Hall–Kier alpha value is -1.33. The van der Waals surface area contributed by atoms with E-state index in [4.69, 9.17) is 9.15 Å². The molecule has 0 radical (unpaired) electrons. The van der Waals surface area contributed by atoms with Crippen molar-refractivity contribution in [1.29, 1.82) is 0 Å². The van der Waals surface area contributed by atoms with Crippen molar-refractivity contribution in [2.45, 2.75) is 6.54 Å². The maximum Gasteiger partial charge on any atom is 0.226 e. The van der Waals surface area contributed by atoms with Gasteiger partial charge in [0.15, 0.2) is 0 Å². The van der Waals surface area contributed by atoms with E-state index in [-0.39, 0.29) is 17.7 Å². The van der Waals surface area contributed by atoms with Crippen molar-refractivity contribution in [2.75, 3.05) is 40.9 Å². The van der Waals surface area contributed by atoms with E-state index in [1.807, 2.05) is 12.1 Å². The molecule has 19 heavy (non-hydrogen) atoms. The third kappa shape index (κ3) is 3.36. The van der Waals surface area contributed by atoms with Crippen LogP contribution in [-0.2, 0) is 16.1 Å². The van der Waals surface area contributed by atoms with Gasteiger partial charge >= 0.3 is 0 Å². The van der Waals surface area contributed by atoms with E-state index in [0.29, 0.717) is 6.61 Å². The van der Waals surface area contributed by atoms with Crippen LogP contribution in [0.5, 0.6) is 0 Å². The van der Waals surface area contributed by atoms with Gasteiger partial charge in [-0.3, -0.25) is 9.69 Å². The van der Waals surface area contributed by atoms with E-state index >= 15 is 0 Å². The van der Waals surface area contributed by atoms with Crippen LogP contribution in [0.3, 0.4) is 0 Å². The fourth-order valence-electron chi connectivity index (χ4n) is 2.71. The van der Waals surface area contributed by atoms with Gasteiger partial charge in [-0.1, -0.05) is 0 Å². The van der Waals surface area contributed by atoms with Gasteiger partial charge in [0.25, 0.3) is 0 Å². The Morgan fingerprint density at radius 3 is 2.89 bits per heavy atom. The maximum atomic E-state index is 12.2. The topological polar surface area (TPSA) is 45.9 Å². The lowest BCUT2D eigenvalue weighted by molar-refractivity contribution is -0.134. The van der Waals surface area contributed by atoms with E-state index < -0.39 is 0 Å². The van der Waals surface area contributed by atoms with Crippen LogP contribution < -0.4 is 0 Å². The van der Waals surface area contributed by atoms with Gasteiger partial charge in [-0.05, 0) is 12.1 Å². The lowest BCUT2D eigenvalue weighted by Gasteiger charge is -2.20. The first-order valence-electron chi connectivity index (χ1n) is 6.56. The van der Waals surface area contributed by atoms with E-state index in [1.165, 1.54) is 0 Å². The average molecular weight is 266 g/mol. The standard InChI is InChI=1S/C14H22N2O3/c1-15(2)14(17)13-9-16(7-11(13)10-18-3)8-12-5-4-6-19-12/h4-6,11,13H,7-10H2,1-3H3/t11-,13+/m0/s1. The third-order valence-corrected chi connectivity index (χ3v) is 3.61. The summed E-state index contributed by atoms with van der Waals surface area (Å²) < 4.78 is 10.6. The molecule has 0 saturated carbocycles. The van der Waals surface area contributed by atoms with E-state index in [1.54, 1.807) is 32.4 Å². The van der Waals surface area contributed by atoms with Gasteiger partial charge < -0.3 is 14.1 Å². The first-order valence-corrected chi connectivity index (χ1v) is 6.56. The molecule has 0 aromatic carbocycles. The second-order valence-electron chi connectivity index (χ2n) is 5.33. The smallest absolute Gasteiger partial charge is 0.226 e. The Labute approximate surface area is 114 Å². The third-order valence-electron chi connectivity index (χ3n) is 3.61. The number of rotatable bonds is 5. The number of furan rings is 1. The van der Waals surface area contributed by atoms with Crippen molar-refractivity contribution >= 4 is 5.91 Å². The molecular formula is C14H22N2O3. The molecule has 1 aromatic rings. The Balaban J connectivity index is 2.00. The molecule has 0 bridgehead atoms. The minimum atomic E-state index is 0.0184. The lowest BCUT2D eigenvalue weighted by Crippen LogP contribution is -2.35. The number of carbonyl (C=O) groups is 1. The SMILES string of the molecule is COC[C@@H]1CN(Cc2ccco2)C[C@H]1C(=O)N(C)C. The molecule has 1 aromatic heterocycles. The molecule has 2 atom stereocenters. The Bertz CT molecular complexity index is 403. The Morgan fingerprint density at radius 2 is 2.32 bits per heavy atom. The highest BCUT2D eigenvalue weighted by Gasteiger charge is 2.38. The highest BCUT2D eigenvalue weighted by molar-refractivity contribution is 5.79. The van der Waals surface area contributed by atoms with Crippen LogP contribution in [0.15, 0.2) is 22.8 Å². The molecule has 1 aliphatic heterocycles. The first-order chi connectivity index (χ1) is 9.11. The molecule has 0 aliphatic carbocycles. The number of hydrogen-bond acceptors (Lipinski definition) is 4. The molecule has 2 heterocycles. The largest absolute Gasteiger partial charge is 0.468 e. The van der Waals surface area contributed by atoms with Gasteiger partial charge in [0, 0.05) is 40.2 Å². The van der Waals surface area contributed by atoms with Crippen molar-refractivity contribution in [3.05, 3.63) is 24.2 Å². The molecule has 2 rings (SSSR count). The number of ether oxygens (including phenoxy) is 1. The van der Waals surface area contributed by atoms with Gasteiger partial charge in [0.2, 0.25) is 5.91 Å². The number of carbonyl (C=O) groups excluding carboxylic acids is 1. The van der Waals surface area contributed by atoms with Gasteiger partial charge in [-0.15, -0.1) is 0 Å². The first kappa shape index (κ1) is 14.1. The van der Waals surface area contributed by atoms with Gasteiger partial charge in [-0.25, -0.2) is 0 Å². The molecule has 0 spiro atoms. The van der Waals surface area contributed by atoms with Gasteiger partial charge in [0.05, 0.1) is 25.3 Å². The maximum absolute atomic E-state index is 12.2. The Kier molecular flexibility index (Phi) is 4.61. The zero-order valence-electron chi connectivity index (χ0n) is 11.8. The summed E-state index contributed by atoms with van der Waals surface area (Å²) >= 11 is 0. The van der Waals surface area contributed by atoms with Crippen molar-refractivity contribution in [3.8, 4) is 0 Å². The fraction of sp³-hybridized carbons (Fsp3) is 0.643. The van der Waals surface area contributed by atoms with Crippen LogP contribution in [0.1, 0.15) is 5.76 Å². The number of likely N-dealkylation sites (tertiary alicyclic amines) is 1. The van der Waals surface area contributed by atoms with E-state index in [2.05, 4.69) is 4.90 Å². The van der Waals surface area contributed by atoms with Gasteiger partial charge in [-0.2, -0.15) is 0 Å². The minimum absolute atomic E-state index is 0.0184. The molecule has 1 saturated heterocycles. The molecule has 1 fully saturated rings. The summed E-state index contributed by atoms with van der Waals surface area (Å²) in [6.07, 6.45) is 1.68. The molecule has 106 valence electrons. The highest BCUT2D eigenvalue weighted by Crippen LogP contribution is 2.26. The Morgan fingerprint density at radius 1 is 1.53 bits per heavy atom. The summed E-state index contributed by atoms with van der Waals surface area (Å²) in [7, 11) is 5.30. The quantitative estimate of drug-likeness (QED) is 0.799. The lowest BCUT2D eigenvalue weighted by atomic mass is 9.96. The van der Waals surface area contributed by atoms with Crippen molar-refractivity contribution < 1.29 is 13.9 Å². The molecule has 1 amide bonds. The summed E-state index contributed by atoms with van der Waals surface area (Å²) in [6, 6.07) is 3.85. The summed E-state index contributed by atoms with van der Waals surface area (Å²) in [5, 5.41) is 0. The van der Waals surface area contributed by atoms with Crippen molar-refractivity contribution in [3.63, 3.8) is 0 Å². The molecule has 0 N–H and O–H groups in total. The van der Waals surface area contributed by atoms with Crippen LogP contribution >= 0.6 is 0 Å². The predicted octanol–water partition coefficient (Wildman–Crippen LogP) is 1.06. The van der Waals surface area contributed by atoms with Crippen LogP contribution in [-0.4, -0.2) is 56.6 Å². The fourth-order valence-corrected chi connectivity index (χ4v) is 2.71. The van der Waals surface area contributed by atoms with Crippen molar-refractivity contribution in [1.82, 2.24) is 9.80 Å². The van der Waals surface area contributed by atoms with Crippen LogP contribution in [0.25, 0.3) is 0 Å². The average Bonchev–Trinajstić information content (AvgIpc) is 2.99. The van der Waals surface area contributed by atoms with Gasteiger partial charge in [0.1, 0.15) is 5.76 Å². The van der Waals surface area contributed by atoms with Crippen LogP contribution in [0.4, 0.5) is 0 Å². The zero-order chi connectivity index (χ0) is 13.8. The summed E-state index contributed by atoms with van der Waals surface area (Å²) in [4.78, 5) is 16.1. The molecule has 0 unspecified atom stereocenters. The highest BCUT2D eigenvalue weighted by atomic mass is 16.5. The molecule has 5 heteroatoms. The number of hydrogen-bond donors (Lipinski definition) is 0. The van der Waals surface area contributed by atoms with E-state index in [0.717, 1.165) is 25.4 Å². The number of nitrogens with zero attached hydrogens (tertiary/aromatic N) is 2. The molecule has 5 nitrogen and oxygen atoms in total. The minimum Gasteiger partial charge on any atom is -0.468 e. The van der Waals surface area contributed by atoms with Crippen LogP contribution in [0, 0.1) is 11.8 Å². The van der Waals surface area contributed by atoms with E-state index in [9.17, 15) is 4.79 Å². The summed E-state index contributed by atoms with van der Waals surface area (Å²) in [6.45, 7) is 3.02. The molecular weight excluding hydrogens is 244 g/mol. The van der Waals surface area contributed by atoms with Crippen LogP contribution in [0.2, 0.25) is 0 Å². The normalized spacial score (nSPS) is 23.7. The predicted molar refractivity (Wildman–Crippen MR) is 71.5 cm³/mol. The van der Waals surface area contributed by atoms with Crippen molar-refractivity contribution in [2.24, 2.45) is 11.8 Å². The second-order valence-corrected chi connectivity index (χ2v) is 5.33. The summed E-state index contributed by atoms with van der Waals surface area (Å²) in [5.41, 5.74) is 0. The summed E-state index contributed by atoms with van der Waals surface area (Å²) in [5.74, 6) is 1.40. The number of amides is 1. The second kappa shape index (κ2) is 6.21. The monoisotopic (exact) mass is 266 g/mol. The number of methoxy groups -OCH3 is 1. The molecule has 1 aliphatic rings.